The molecule has 0 aromatic carbocycles. The van der Waals surface area contributed by atoms with Crippen LogP contribution in [0.15, 0.2) is 6.33 Å². The number of nitrogens with zero attached hydrogens (tertiary/aromatic N) is 3. The molecule has 0 N–H and O–H groups in total. The molecule has 0 aliphatic carbocycles. The quantitative estimate of drug-likeness (QED) is 0.787. The van der Waals surface area contributed by atoms with E-state index >= 15 is 0 Å². The zero-order valence-corrected chi connectivity index (χ0v) is 12.3. The van der Waals surface area contributed by atoms with Crippen LogP contribution >= 0.6 is 0 Å². The Balaban J connectivity index is 2.28. The molecule has 1 aromatic heterocycles. The van der Waals surface area contributed by atoms with E-state index in [1.54, 1.807) is 20.8 Å². The van der Waals surface area contributed by atoms with Crippen LogP contribution in [0.25, 0.3) is 0 Å². The van der Waals surface area contributed by atoms with Gasteiger partial charge in [-0.25, -0.2) is 14.4 Å². The third-order valence-corrected chi connectivity index (χ3v) is 3.58. The number of ether oxygens (including phenoxy) is 1. The summed E-state index contributed by atoms with van der Waals surface area (Å²) in [5.74, 6) is -0.802. The molecule has 1 saturated heterocycles. The van der Waals surface area contributed by atoms with Crippen LogP contribution in [-0.4, -0.2) is 41.9 Å². The lowest BCUT2D eigenvalue weighted by molar-refractivity contribution is -0.277. The second-order valence-electron chi connectivity index (χ2n) is 6.16. The fraction of sp³-hybridized carbons (Fsp3) is 0.692. The number of methoxy groups -OCH3 is 1. The highest BCUT2D eigenvalue weighted by Gasteiger charge is 2.63. The minimum absolute atomic E-state index is 0.119. The standard InChI is InChI=1S/C13H17F4N3O/c1-11(2,3)9-8(14)10(19-7-18-9)20-5-12(6-20,21-4)13(15,16)17/h7H,5-6H2,1-4H3. The monoisotopic (exact) mass is 307 g/mol. The van der Waals surface area contributed by atoms with Crippen molar-refractivity contribution in [2.75, 3.05) is 25.1 Å². The van der Waals surface area contributed by atoms with Crippen LogP contribution in [0.3, 0.4) is 0 Å². The molecule has 0 spiro atoms. The molecule has 0 atom stereocenters. The third-order valence-electron chi connectivity index (χ3n) is 3.58. The summed E-state index contributed by atoms with van der Waals surface area (Å²) < 4.78 is 57.8. The Bertz CT molecular complexity index is 533. The first kappa shape index (κ1) is 15.9. The zero-order chi connectivity index (χ0) is 16.1. The van der Waals surface area contributed by atoms with Gasteiger partial charge in [-0.15, -0.1) is 0 Å². The number of anilines is 1. The number of alkyl halides is 3. The average Bonchev–Trinajstić information content (AvgIpc) is 2.26. The van der Waals surface area contributed by atoms with Gasteiger partial charge in [-0.2, -0.15) is 13.2 Å². The van der Waals surface area contributed by atoms with Crippen molar-refractivity contribution in [1.82, 2.24) is 9.97 Å². The normalized spacial score (nSPS) is 18.6. The highest BCUT2D eigenvalue weighted by molar-refractivity contribution is 5.47. The molecule has 118 valence electrons. The molecular formula is C13H17F4N3O. The van der Waals surface area contributed by atoms with Gasteiger partial charge in [0.15, 0.2) is 17.2 Å². The highest BCUT2D eigenvalue weighted by Crippen LogP contribution is 2.42. The minimum atomic E-state index is -4.51. The first-order chi connectivity index (χ1) is 9.52. The van der Waals surface area contributed by atoms with Crippen LogP contribution in [0.5, 0.6) is 0 Å². The Hall–Kier alpha value is -1.44. The largest absolute Gasteiger partial charge is 0.420 e. The minimum Gasteiger partial charge on any atom is -0.365 e. The maximum Gasteiger partial charge on any atom is 0.420 e. The van der Waals surface area contributed by atoms with Crippen LogP contribution in [0.4, 0.5) is 23.4 Å². The summed E-state index contributed by atoms with van der Waals surface area (Å²) in [6.07, 6.45) is -3.34. The first-order valence-electron chi connectivity index (χ1n) is 6.40. The van der Waals surface area contributed by atoms with E-state index < -0.39 is 36.1 Å². The van der Waals surface area contributed by atoms with Gasteiger partial charge < -0.3 is 9.64 Å². The van der Waals surface area contributed by atoms with Crippen molar-refractivity contribution in [3.8, 4) is 0 Å². The lowest BCUT2D eigenvalue weighted by Gasteiger charge is -2.49. The van der Waals surface area contributed by atoms with Crippen molar-refractivity contribution < 1.29 is 22.3 Å². The lowest BCUT2D eigenvalue weighted by Crippen LogP contribution is -2.70. The number of hydrogen-bond donors (Lipinski definition) is 0. The van der Waals surface area contributed by atoms with Gasteiger partial charge in [0.2, 0.25) is 0 Å². The summed E-state index contributed by atoms with van der Waals surface area (Å²) in [7, 11) is 1.00. The van der Waals surface area contributed by atoms with E-state index in [2.05, 4.69) is 14.7 Å². The zero-order valence-electron chi connectivity index (χ0n) is 12.3. The molecule has 0 radical (unpaired) electrons. The average molecular weight is 307 g/mol. The van der Waals surface area contributed by atoms with Gasteiger partial charge in [0.05, 0.1) is 18.8 Å². The fourth-order valence-electron chi connectivity index (χ4n) is 2.25. The van der Waals surface area contributed by atoms with Crippen LogP contribution < -0.4 is 4.90 Å². The Kier molecular flexibility index (Phi) is 3.64. The number of rotatable bonds is 2. The van der Waals surface area contributed by atoms with E-state index in [0.29, 0.717) is 0 Å². The molecule has 0 amide bonds. The third kappa shape index (κ3) is 2.56. The molecule has 8 heteroatoms. The first-order valence-corrected chi connectivity index (χ1v) is 6.40. The van der Waals surface area contributed by atoms with E-state index in [1.165, 1.54) is 11.2 Å². The summed E-state index contributed by atoms with van der Waals surface area (Å²) in [5.41, 5.74) is -2.64. The van der Waals surface area contributed by atoms with Crippen molar-refractivity contribution >= 4 is 5.82 Å². The van der Waals surface area contributed by atoms with Crippen molar-refractivity contribution in [1.29, 1.82) is 0 Å². The molecule has 0 saturated carbocycles. The van der Waals surface area contributed by atoms with Crippen LogP contribution in [0.2, 0.25) is 0 Å². The molecule has 21 heavy (non-hydrogen) atoms. The number of aromatic nitrogens is 2. The lowest BCUT2D eigenvalue weighted by atomic mass is 9.90. The molecule has 1 aromatic rings. The predicted octanol–water partition coefficient (Wildman–Crippen LogP) is 2.68. The van der Waals surface area contributed by atoms with Crippen LogP contribution in [0, 0.1) is 5.82 Å². The van der Waals surface area contributed by atoms with Crippen LogP contribution in [-0.2, 0) is 10.2 Å². The summed E-state index contributed by atoms with van der Waals surface area (Å²) >= 11 is 0. The van der Waals surface area contributed by atoms with Crippen molar-refractivity contribution in [2.45, 2.75) is 38.0 Å². The smallest absolute Gasteiger partial charge is 0.365 e. The van der Waals surface area contributed by atoms with E-state index in [4.69, 9.17) is 0 Å². The topological polar surface area (TPSA) is 38.2 Å². The summed E-state index contributed by atoms with van der Waals surface area (Å²) in [6.45, 7) is 4.35. The molecular weight excluding hydrogens is 290 g/mol. The number of hydrogen-bond acceptors (Lipinski definition) is 4. The second kappa shape index (κ2) is 4.79. The van der Waals surface area contributed by atoms with Crippen molar-refractivity contribution in [2.24, 2.45) is 0 Å². The highest BCUT2D eigenvalue weighted by atomic mass is 19.4. The SMILES string of the molecule is COC1(C(F)(F)F)CN(c2ncnc(C(C)(C)C)c2F)C1. The Morgan fingerprint density at radius 2 is 1.76 bits per heavy atom. The van der Waals surface area contributed by atoms with Gasteiger partial charge in [0.1, 0.15) is 6.33 Å². The summed E-state index contributed by atoms with van der Waals surface area (Å²) in [6, 6.07) is 0. The van der Waals surface area contributed by atoms with Crippen molar-refractivity contribution in [3.63, 3.8) is 0 Å². The van der Waals surface area contributed by atoms with Crippen molar-refractivity contribution in [3.05, 3.63) is 17.8 Å². The summed E-state index contributed by atoms with van der Waals surface area (Å²) in [4.78, 5) is 8.87. The van der Waals surface area contributed by atoms with E-state index in [1.807, 2.05) is 0 Å². The van der Waals surface area contributed by atoms with Gasteiger partial charge in [-0.3, -0.25) is 0 Å². The van der Waals surface area contributed by atoms with Crippen LogP contribution in [0.1, 0.15) is 26.5 Å². The molecule has 1 aliphatic heterocycles. The maximum atomic E-state index is 14.4. The molecule has 2 rings (SSSR count). The molecule has 0 unspecified atom stereocenters. The van der Waals surface area contributed by atoms with Gasteiger partial charge >= 0.3 is 6.18 Å². The Morgan fingerprint density at radius 1 is 1.19 bits per heavy atom. The fourth-order valence-corrected chi connectivity index (χ4v) is 2.25. The molecule has 4 nitrogen and oxygen atoms in total. The molecule has 0 bridgehead atoms. The Labute approximate surface area is 120 Å². The van der Waals surface area contributed by atoms with E-state index in [9.17, 15) is 17.6 Å². The van der Waals surface area contributed by atoms with E-state index in [0.717, 1.165) is 7.11 Å². The molecule has 1 aliphatic rings. The second-order valence-corrected chi connectivity index (χ2v) is 6.16. The Morgan fingerprint density at radius 3 is 2.19 bits per heavy atom. The van der Waals surface area contributed by atoms with Gasteiger partial charge in [0.25, 0.3) is 0 Å². The predicted molar refractivity (Wildman–Crippen MR) is 68.7 cm³/mol. The summed E-state index contributed by atoms with van der Waals surface area (Å²) in [5, 5.41) is 0. The van der Waals surface area contributed by atoms with Gasteiger partial charge in [-0.05, 0) is 0 Å². The van der Waals surface area contributed by atoms with Gasteiger partial charge in [0, 0.05) is 12.5 Å². The van der Waals surface area contributed by atoms with E-state index in [-0.39, 0.29) is 11.5 Å². The molecule has 1 fully saturated rings. The molecule has 2 heterocycles. The van der Waals surface area contributed by atoms with Gasteiger partial charge in [-0.1, -0.05) is 20.8 Å². The number of halogens is 4. The maximum absolute atomic E-state index is 14.4.